The number of rotatable bonds is 5. The Balaban J connectivity index is 0.00000225. The molecular weight excluding hydrogens is 342 g/mol. The number of carbonyl (C=O) groups excluding carboxylic acids is 1. The second-order valence-electron chi connectivity index (χ2n) is 6.43. The van der Waals surface area contributed by atoms with Gasteiger partial charge in [0.2, 0.25) is 5.91 Å². The van der Waals surface area contributed by atoms with Crippen LogP contribution in [-0.4, -0.2) is 68.7 Å². The highest BCUT2D eigenvalue weighted by molar-refractivity contribution is 5.85. The molecule has 2 aliphatic rings. The summed E-state index contributed by atoms with van der Waals surface area (Å²) in [5, 5.41) is 3.30. The lowest BCUT2D eigenvalue weighted by atomic mass is 10.1. The van der Waals surface area contributed by atoms with Gasteiger partial charge in [0.05, 0.1) is 20.3 Å². The molecule has 1 unspecified atom stereocenters. The predicted molar refractivity (Wildman–Crippen MR) is 99.7 cm³/mol. The number of hydrogen-bond donors (Lipinski definition) is 1. The second-order valence-corrected chi connectivity index (χ2v) is 6.43. The Bertz CT molecular complexity index is 571. The van der Waals surface area contributed by atoms with Crippen LogP contribution in [0.4, 0.5) is 0 Å². The molecule has 6 nitrogen and oxygen atoms in total. The van der Waals surface area contributed by atoms with Gasteiger partial charge >= 0.3 is 0 Å². The van der Waals surface area contributed by atoms with Crippen LogP contribution in [0.2, 0.25) is 0 Å². The molecule has 2 aliphatic heterocycles. The number of ether oxygens (including phenoxy) is 2. The number of halogens is 1. The number of hydrogen-bond acceptors (Lipinski definition) is 5. The van der Waals surface area contributed by atoms with E-state index in [0.717, 1.165) is 69.2 Å². The number of benzene rings is 1. The van der Waals surface area contributed by atoms with Crippen molar-refractivity contribution in [2.24, 2.45) is 0 Å². The third-order valence-electron chi connectivity index (χ3n) is 4.92. The average Bonchev–Trinajstić information content (AvgIpc) is 3.16. The number of piperazine rings is 1. The van der Waals surface area contributed by atoms with Crippen molar-refractivity contribution < 1.29 is 14.3 Å². The summed E-state index contributed by atoms with van der Waals surface area (Å²) in [4.78, 5) is 16.8. The van der Waals surface area contributed by atoms with Crippen molar-refractivity contribution in [3.05, 3.63) is 23.8 Å². The first-order valence-electron chi connectivity index (χ1n) is 8.66. The summed E-state index contributed by atoms with van der Waals surface area (Å²) in [5.74, 6) is 1.99. The molecule has 0 spiro atoms. The summed E-state index contributed by atoms with van der Waals surface area (Å²) in [7, 11) is 3.36. The summed E-state index contributed by atoms with van der Waals surface area (Å²) in [5.41, 5.74) is 1.12. The van der Waals surface area contributed by atoms with Crippen molar-refractivity contribution in [2.75, 3.05) is 46.9 Å². The summed E-state index contributed by atoms with van der Waals surface area (Å²) < 4.78 is 10.8. The van der Waals surface area contributed by atoms with Gasteiger partial charge in [-0.2, -0.15) is 0 Å². The van der Waals surface area contributed by atoms with Crippen molar-refractivity contribution in [1.29, 1.82) is 0 Å². The summed E-state index contributed by atoms with van der Waals surface area (Å²) in [6.07, 6.45) is 2.08. The normalized spacial score (nSPS) is 20.9. The maximum absolute atomic E-state index is 12.5. The first kappa shape index (κ1) is 19.8. The summed E-state index contributed by atoms with van der Waals surface area (Å²) >= 11 is 0. The van der Waals surface area contributed by atoms with Gasteiger partial charge < -0.3 is 19.7 Å². The molecule has 25 heavy (non-hydrogen) atoms. The molecule has 1 aromatic carbocycles. The fraction of sp³-hybridized carbons (Fsp3) is 0.611. The molecule has 2 saturated heterocycles. The van der Waals surface area contributed by atoms with Crippen LogP contribution in [0.5, 0.6) is 11.5 Å². The molecule has 0 aliphatic carbocycles. The van der Waals surface area contributed by atoms with E-state index in [1.165, 1.54) is 0 Å². The number of carbonyl (C=O) groups is 1. The van der Waals surface area contributed by atoms with Crippen LogP contribution in [0.15, 0.2) is 18.2 Å². The van der Waals surface area contributed by atoms with Crippen molar-refractivity contribution in [3.8, 4) is 11.5 Å². The lowest BCUT2D eigenvalue weighted by Crippen LogP contribution is -2.52. The lowest BCUT2D eigenvalue weighted by Gasteiger charge is -2.36. The molecule has 2 fully saturated rings. The second kappa shape index (κ2) is 9.27. The highest BCUT2D eigenvalue weighted by Crippen LogP contribution is 2.25. The van der Waals surface area contributed by atoms with Crippen molar-refractivity contribution >= 4 is 18.3 Å². The zero-order valence-corrected chi connectivity index (χ0v) is 15.8. The maximum Gasteiger partial charge on any atom is 0.239 e. The van der Waals surface area contributed by atoms with Crippen LogP contribution in [0.25, 0.3) is 0 Å². The number of nitrogens with one attached hydrogen (secondary N) is 1. The minimum Gasteiger partial charge on any atom is -0.497 e. The number of methoxy groups -OCH3 is 2. The van der Waals surface area contributed by atoms with Crippen LogP contribution >= 0.6 is 12.4 Å². The van der Waals surface area contributed by atoms with Crippen LogP contribution in [0, 0.1) is 0 Å². The smallest absolute Gasteiger partial charge is 0.239 e. The van der Waals surface area contributed by atoms with E-state index < -0.39 is 0 Å². The van der Waals surface area contributed by atoms with Gasteiger partial charge in [0.25, 0.3) is 0 Å². The largest absolute Gasteiger partial charge is 0.497 e. The van der Waals surface area contributed by atoms with E-state index in [1.54, 1.807) is 14.2 Å². The van der Waals surface area contributed by atoms with E-state index >= 15 is 0 Å². The first-order valence-corrected chi connectivity index (χ1v) is 8.66. The summed E-state index contributed by atoms with van der Waals surface area (Å²) in [6, 6.07) is 5.92. The van der Waals surface area contributed by atoms with E-state index in [9.17, 15) is 4.79 Å². The molecular formula is C18H28ClN3O3. The fourth-order valence-electron chi connectivity index (χ4n) is 3.49. The predicted octanol–water partition coefficient (Wildman–Crippen LogP) is 1.52. The number of amides is 1. The van der Waals surface area contributed by atoms with Crippen LogP contribution in [-0.2, 0) is 11.3 Å². The maximum atomic E-state index is 12.5. The van der Waals surface area contributed by atoms with Crippen LogP contribution < -0.4 is 14.8 Å². The Morgan fingerprint density at radius 1 is 1.20 bits per heavy atom. The molecule has 1 amide bonds. The van der Waals surface area contributed by atoms with Crippen LogP contribution in [0.1, 0.15) is 18.4 Å². The molecule has 1 atom stereocenters. The quantitative estimate of drug-likeness (QED) is 0.853. The molecule has 1 aromatic rings. The third kappa shape index (κ3) is 4.77. The monoisotopic (exact) mass is 369 g/mol. The van der Waals surface area contributed by atoms with E-state index in [0.29, 0.717) is 0 Å². The van der Waals surface area contributed by atoms with Crippen LogP contribution in [0.3, 0.4) is 0 Å². The van der Waals surface area contributed by atoms with E-state index in [2.05, 4.69) is 10.2 Å². The molecule has 0 saturated carbocycles. The third-order valence-corrected chi connectivity index (χ3v) is 4.92. The van der Waals surface area contributed by atoms with Crippen molar-refractivity contribution in [1.82, 2.24) is 15.1 Å². The molecule has 0 radical (unpaired) electrons. The Morgan fingerprint density at radius 2 is 1.96 bits per heavy atom. The van der Waals surface area contributed by atoms with Gasteiger partial charge in [0.1, 0.15) is 11.5 Å². The van der Waals surface area contributed by atoms with Crippen molar-refractivity contribution in [2.45, 2.75) is 25.4 Å². The Labute approximate surface area is 155 Å². The van der Waals surface area contributed by atoms with E-state index in [1.807, 2.05) is 23.1 Å². The molecule has 2 heterocycles. The zero-order chi connectivity index (χ0) is 16.9. The van der Waals surface area contributed by atoms with Gasteiger partial charge in [0.15, 0.2) is 0 Å². The highest BCUT2D eigenvalue weighted by atomic mass is 35.5. The van der Waals surface area contributed by atoms with Gasteiger partial charge in [0, 0.05) is 38.3 Å². The SMILES string of the molecule is COc1ccc(OC)c(CN2CCN(C(=O)C3CCCN3)CC2)c1.Cl. The van der Waals surface area contributed by atoms with Gasteiger partial charge in [-0.25, -0.2) is 0 Å². The topological polar surface area (TPSA) is 54.0 Å². The van der Waals surface area contributed by atoms with Gasteiger partial charge in [-0.15, -0.1) is 12.4 Å². The molecule has 140 valence electrons. The Kier molecular flexibility index (Phi) is 7.35. The highest BCUT2D eigenvalue weighted by Gasteiger charge is 2.29. The minimum absolute atomic E-state index is 0. The first-order chi connectivity index (χ1) is 11.7. The molecule has 0 aromatic heterocycles. The Hall–Kier alpha value is -1.50. The summed E-state index contributed by atoms with van der Waals surface area (Å²) in [6.45, 7) is 5.14. The van der Waals surface area contributed by atoms with Gasteiger partial charge in [-0.3, -0.25) is 9.69 Å². The van der Waals surface area contributed by atoms with E-state index in [4.69, 9.17) is 9.47 Å². The van der Waals surface area contributed by atoms with Crippen molar-refractivity contribution in [3.63, 3.8) is 0 Å². The van der Waals surface area contributed by atoms with Gasteiger partial charge in [-0.1, -0.05) is 0 Å². The molecule has 1 N–H and O–H groups in total. The zero-order valence-electron chi connectivity index (χ0n) is 15.0. The van der Waals surface area contributed by atoms with E-state index in [-0.39, 0.29) is 24.4 Å². The fourth-order valence-corrected chi connectivity index (χ4v) is 3.49. The lowest BCUT2D eigenvalue weighted by molar-refractivity contribution is -0.134. The molecule has 3 rings (SSSR count). The van der Waals surface area contributed by atoms with Gasteiger partial charge in [-0.05, 0) is 37.6 Å². The standard InChI is InChI=1S/C18H27N3O3.ClH/c1-23-15-5-6-17(24-2)14(12-15)13-20-8-10-21(11-9-20)18(22)16-4-3-7-19-16;/h5-6,12,16,19H,3-4,7-11,13H2,1-2H3;1H. The number of nitrogens with zero attached hydrogens (tertiary/aromatic N) is 2. The minimum atomic E-state index is 0. The molecule has 0 bridgehead atoms. The average molecular weight is 370 g/mol. The molecule has 7 heteroatoms. The Morgan fingerprint density at radius 3 is 2.56 bits per heavy atom.